The molecule has 1 saturated heterocycles. The van der Waals surface area contributed by atoms with Gasteiger partial charge in [0.25, 0.3) is 5.91 Å². The molecule has 14 heteroatoms. The quantitative estimate of drug-likeness (QED) is 0.253. The Kier molecular flexibility index (Phi) is 9.97. The molecule has 39 heavy (non-hydrogen) atoms. The molecule has 3 aliphatic heterocycles. The van der Waals surface area contributed by atoms with E-state index in [2.05, 4.69) is 10.6 Å². The normalized spacial score (nSPS) is 22.1. The average molecular weight is 602 g/mol. The van der Waals surface area contributed by atoms with Gasteiger partial charge >= 0.3 is 18.0 Å². The molecule has 3 atom stereocenters. The molecule has 3 rings (SSSR count). The van der Waals surface area contributed by atoms with Crippen molar-refractivity contribution in [1.82, 2.24) is 15.5 Å². The molecule has 0 aromatic carbocycles. The topological polar surface area (TPSA) is 140 Å². The number of amides is 3. The van der Waals surface area contributed by atoms with Crippen molar-refractivity contribution in [3.8, 4) is 0 Å². The molecule has 0 aliphatic carbocycles. The lowest BCUT2D eigenvalue weighted by atomic mass is 9.98. The average Bonchev–Trinajstić information content (AvgIpc) is 2.84. The van der Waals surface area contributed by atoms with E-state index in [0.29, 0.717) is 16.2 Å². The largest absolute Gasteiger partial charge is 0.444 e. The summed E-state index contributed by atoms with van der Waals surface area (Å²) in [5, 5.41) is 6.67. The summed E-state index contributed by atoms with van der Waals surface area (Å²) in [4.78, 5) is 65.7. The fourth-order valence-electron chi connectivity index (χ4n) is 3.65. The van der Waals surface area contributed by atoms with Crippen LogP contribution < -0.4 is 10.6 Å². The number of nitrogens with one attached hydrogen (secondary N) is 2. The highest BCUT2D eigenvalue weighted by Crippen LogP contribution is 2.40. The summed E-state index contributed by atoms with van der Waals surface area (Å²) in [6.07, 6.45) is -0.746. The molecule has 216 valence electrons. The second-order valence-electron chi connectivity index (χ2n) is 11.1. The third-order valence-electron chi connectivity index (χ3n) is 5.52. The molecule has 2 N–H and O–H groups in total. The zero-order valence-electron chi connectivity index (χ0n) is 23.1. The molecule has 3 unspecified atom stereocenters. The summed E-state index contributed by atoms with van der Waals surface area (Å²) in [5.41, 5.74) is -0.802. The van der Waals surface area contributed by atoms with Crippen LogP contribution in [0.25, 0.3) is 0 Å². The van der Waals surface area contributed by atoms with Gasteiger partial charge in [-0.2, -0.15) is 0 Å². The third-order valence-corrected chi connectivity index (χ3v) is 9.31. The lowest BCUT2D eigenvalue weighted by molar-refractivity contribution is -0.173. The van der Waals surface area contributed by atoms with E-state index in [9.17, 15) is 24.0 Å². The first-order chi connectivity index (χ1) is 18.1. The molecule has 3 amide bonds. The first-order valence-electron chi connectivity index (χ1n) is 12.3. The second kappa shape index (κ2) is 12.5. The van der Waals surface area contributed by atoms with E-state index in [0.717, 1.165) is 11.5 Å². The van der Waals surface area contributed by atoms with Gasteiger partial charge < -0.3 is 24.8 Å². The number of rotatable bonds is 7. The van der Waals surface area contributed by atoms with Crippen LogP contribution in [0.3, 0.4) is 0 Å². The summed E-state index contributed by atoms with van der Waals surface area (Å²) in [5.74, 6) is -0.262. The molecule has 3 heterocycles. The molecule has 0 aromatic rings. The van der Waals surface area contributed by atoms with Crippen molar-refractivity contribution < 1.29 is 38.2 Å². The molecule has 0 spiro atoms. The smallest absolute Gasteiger partial charge is 0.408 e. The van der Waals surface area contributed by atoms with Crippen LogP contribution in [0.5, 0.6) is 0 Å². The molecule has 0 aromatic heterocycles. The van der Waals surface area contributed by atoms with Gasteiger partial charge in [-0.25, -0.2) is 9.59 Å². The minimum absolute atomic E-state index is 0.0754. The van der Waals surface area contributed by atoms with Gasteiger partial charge in [0, 0.05) is 22.2 Å². The number of carbonyl (C=O) groups is 5. The number of thioether (sulfide) groups is 3. The number of hydrogen-bond donors (Lipinski definition) is 2. The van der Waals surface area contributed by atoms with Gasteiger partial charge in [0.2, 0.25) is 12.7 Å². The van der Waals surface area contributed by atoms with Gasteiger partial charge in [-0.15, -0.1) is 35.3 Å². The zero-order valence-corrected chi connectivity index (χ0v) is 25.5. The molecule has 0 bridgehead atoms. The van der Waals surface area contributed by atoms with Gasteiger partial charge in [0.1, 0.15) is 28.8 Å². The number of hydrogen-bond acceptors (Lipinski definition) is 11. The number of ether oxygens (including phenoxy) is 3. The third kappa shape index (κ3) is 7.88. The Balaban J connectivity index is 1.67. The zero-order chi connectivity index (χ0) is 29.1. The van der Waals surface area contributed by atoms with Crippen LogP contribution in [0.15, 0.2) is 21.6 Å². The minimum atomic E-state index is -1.03. The predicted octanol–water partition coefficient (Wildman–Crippen LogP) is 2.97. The molecule has 0 radical (unpaired) electrons. The Morgan fingerprint density at radius 3 is 2.38 bits per heavy atom. The number of β-lactam (4-membered cyclic amide) rings is 1. The maximum atomic E-state index is 13.4. The van der Waals surface area contributed by atoms with Gasteiger partial charge in [-0.05, 0) is 59.4 Å². The van der Waals surface area contributed by atoms with Gasteiger partial charge in [-0.1, -0.05) is 0 Å². The minimum Gasteiger partial charge on any atom is -0.444 e. The second-order valence-corrected chi connectivity index (χ2v) is 14.3. The highest BCUT2D eigenvalue weighted by atomic mass is 32.2. The molecule has 1 fully saturated rings. The monoisotopic (exact) mass is 601 g/mol. The van der Waals surface area contributed by atoms with Crippen molar-refractivity contribution >= 4 is 65.1 Å². The Morgan fingerprint density at radius 1 is 1.10 bits per heavy atom. The predicted molar refractivity (Wildman–Crippen MR) is 150 cm³/mol. The Bertz CT molecular complexity index is 1090. The molecule has 11 nitrogen and oxygen atoms in total. The van der Waals surface area contributed by atoms with Crippen molar-refractivity contribution in [3.63, 3.8) is 0 Å². The summed E-state index contributed by atoms with van der Waals surface area (Å²) >= 11 is 4.39. The Morgan fingerprint density at radius 2 is 1.79 bits per heavy atom. The number of esters is 2. The maximum Gasteiger partial charge on any atom is 0.408 e. The van der Waals surface area contributed by atoms with Crippen molar-refractivity contribution in [2.24, 2.45) is 5.41 Å². The van der Waals surface area contributed by atoms with Crippen LogP contribution in [0, 0.1) is 5.41 Å². The van der Waals surface area contributed by atoms with Crippen LogP contribution in [0.4, 0.5) is 4.79 Å². The van der Waals surface area contributed by atoms with Crippen molar-refractivity contribution in [3.05, 3.63) is 21.6 Å². The van der Waals surface area contributed by atoms with Crippen LogP contribution in [0.1, 0.15) is 48.5 Å². The van der Waals surface area contributed by atoms with Crippen molar-refractivity contribution in [2.75, 3.05) is 24.1 Å². The Labute approximate surface area is 240 Å². The van der Waals surface area contributed by atoms with E-state index in [1.54, 1.807) is 48.5 Å². The number of fused-ring (bicyclic) bond motifs is 1. The van der Waals surface area contributed by atoms with Crippen LogP contribution in [0.2, 0.25) is 0 Å². The van der Waals surface area contributed by atoms with E-state index in [4.69, 9.17) is 14.2 Å². The summed E-state index contributed by atoms with van der Waals surface area (Å²) < 4.78 is 15.5. The summed E-state index contributed by atoms with van der Waals surface area (Å²) in [6, 6.07) is -1.94. The standard InChI is InChI=1S/C25H35N3O8S3/c1-13-10-39-20-16(19(30)28(20)17(13)21(31)34-12-35-22(32)24(2,3)4)26-18(29)15(14-11-37-8-9-38-14)27-23(33)36-25(5,6)7/h11,15-16,20H,8-10,12H2,1-7H3,(H,26,29)(H,27,33). The highest BCUT2D eigenvalue weighted by Gasteiger charge is 2.54. The highest BCUT2D eigenvalue weighted by molar-refractivity contribution is 8.09. The van der Waals surface area contributed by atoms with Crippen LogP contribution >= 0.6 is 35.3 Å². The van der Waals surface area contributed by atoms with E-state index >= 15 is 0 Å². The lowest BCUT2D eigenvalue weighted by Crippen LogP contribution is -2.71. The summed E-state index contributed by atoms with van der Waals surface area (Å²) in [7, 11) is 0. The number of nitrogens with zero attached hydrogens (tertiary/aromatic N) is 1. The van der Waals surface area contributed by atoms with Crippen molar-refractivity contribution in [2.45, 2.75) is 71.5 Å². The molecular weight excluding hydrogens is 566 g/mol. The number of carbonyl (C=O) groups excluding carboxylic acids is 5. The van der Waals surface area contributed by atoms with E-state index in [1.165, 1.54) is 40.2 Å². The van der Waals surface area contributed by atoms with E-state index in [1.807, 2.05) is 5.41 Å². The molecular formula is C25H35N3O8S3. The lowest BCUT2D eigenvalue weighted by Gasteiger charge is -2.49. The van der Waals surface area contributed by atoms with E-state index < -0.39 is 65.1 Å². The fourth-order valence-corrected chi connectivity index (χ4v) is 7.12. The van der Waals surface area contributed by atoms with E-state index in [-0.39, 0.29) is 5.70 Å². The van der Waals surface area contributed by atoms with Gasteiger partial charge in [-0.3, -0.25) is 19.3 Å². The molecule has 0 saturated carbocycles. The summed E-state index contributed by atoms with van der Waals surface area (Å²) in [6.45, 7) is 11.3. The SMILES string of the molecule is CC1=C(C(=O)OCOC(=O)C(C)(C)C)N2C(=O)C(NC(=O)C(NC(=O)OC(C)(C)C)C3=CSCCS3)C2SC1. The van der Waals surface area contributed by atoms with Crippen LogP contribution in [-0.2, 0) is 33.4 Å². The van der Waals surface area contributed by atoms with Gasteiger partial charge in [0.05, 0.1) is 5.41 Å². The van der Waals surface area contributed by atoms with Crippen LogP contribution in [-0.4, -0.2) is 81.9 Å². The Hall–Kier alpha value is -2.32. The first-order valence-corrected chi connectivity index (χ1v) is 15.4. The molecule has 3 aliphatic rings. The number of alkyl carbamates (subject to hydrolysis) is 1. The van der Waals surface area contributed by atoms with Gasteiger partial charge in [0.15, 0.2) is 0 Å². The fraction of sp³-hybridized carbons (Fsp3) is 0.640. The van der Waals surface area contributed by atoms with Crippen molar-refractivity contribution in [1.29, 1.82) is 0 Å². The first kappa shape index (κ1) is 31.2. The maximum absolute atomic E-state index is 13.4.